The van der Waals surface area contributed by atoms with Crippen molar-refractivity contribution >= 4 is 27.8 Å². The molecule has 0 saturated carbocycles. The molecule has 184 valence electrons. The molecule has 4 rings (SSSR count). The standard InChI is InChI=1S/C27H25FN4O3S/c1-19-17-22(20(2)32(19)26-12-8-7-11-25(26)28)18-29-30-27(33)21-13-15-23(16-14-21)31(3)36(34,35)24-9-5-4-6-10-24/h4-18H,1-3H3,(H,30,33)/b29-18-. The lowest BCUT2D eigenvalue weighted by molar-refractivity contribution is 0.0955. The molecule has 0 radical (unpaired) electrons. The molecule has 7 nitrogen and oxygen atoms in total. The molecule has 0 atom stereocenters. The maximum atomic E-state index is 14.3. The van der Waals surface area contributed by atoms with Crippen LogP contribution in [-0.2, 0) is 10.0 Å². The normalized spacial score (nSPS) is 11.6. The first-order valence-corrected chi connectivity index (χ1v) is 12.6. The highest BCUT2D eigenvalue weighted by atomic mass is 32.2. The molecule has 0 saturated heterocycles. The van der Waals surface area contributed by atoms with Crippen molar-refractivity contribution in [2.24, 2.45) is 5.10 Å². The second-order valence-electron chi connectivity index (χ2n) is 8.14. The molecule has 0 aliphatic rings. The molecule has 0 fully saturated rings. The number of anilines is 1. The first-order valence-electron chi connectivity index (χ1n) is 11.1. The average molecular weight is 505 g/mol. The van der Waals surface area contributed by atoms with Crippen molar-refractivity contribution < 1.29 is 17.6 Å². The molecule has 9 heteroatoms. The van der Waals surface area contributed by atoms with E-state index < -0.39 is 15.9 Å². The van der Waals surface area contributed by atoms with Gasteiger partial charge in [-0.15, -0.1) is 0 Å². The molecule has 1 N–H and O–H groups in total. The summed E-state index contributed by atoms with van der Waals surface area (Å²) in [6.45, 7) is 3.72. The Morgan fingerprint density at radius 2 is 1.61 bits per heavy atom. The lowest BCUT2D eigenvalue weighted by atomic mass is 10.2. The zero-order chi connectivity index (χ0) is 25.9. The van der Waals surface area contributed by atoms with Gasteiger partial charge in [0.1, 0.15) is 5.82 Å². The minimum Gasteiger partial charge on any atom is -0.315 e. The van der Waals surface area contributed by atoms with Crippen LogP contribution in [0.25, 0.3) is 5.69 Å². The summed E-state index contributed by atoms with van der Waals surface area (Å²) in [5.74, 6) is -0.781. The van der Waals surface area contributed by atoms with Crippen LogP contribution in [0.15, 0.2) is 94.9 Å². The Kier molecular flexibility index (Phi) is 7.03. The van der Waals surface area contributed by atoms with Crippen LogP contribution in [0.2, 0.25) is 0 Å². The van der Waals surface area contributed by atoms with Crippen LogP contribution in [-0.4, -0.2) is 32.2 Å². The van der Waals surface area contributed by atoms with Crippen molar-refractivity contribution in [3.8, 4) is 5.69 Å². The predicted octanol–water partition coefficient (Wildman–Crippen LogP) is 4.82. The average Bonchev–Trinajstić information content (AvgIpc) is 3.17. The van der Waals surface area contributed by atoms with Crippen LogP contribution in [0, 0.1) is 19.7 Å². The number of hydrazone groups is 1. The van der Waals surface area contributed by atoms with Gasteiger partial charge in [0.15, 0.2) is 0 Å². The fraction of sp³-hybridized carbons (Fsp3) is 0.111. The van der Waals surface area contributed by atoms with E-state index >= 15 is 0 Å². The number of carbonyl (C=O) groups is 1. The Hall–Kier alpha value is -4.24. The topological polar surface area (TPSA) is 83.8 Å². The van der Waals surface area contributed by atoms with E-state index in [-0.39, 0.29) is 10.7 Å². The lowest BCUT2D eigenvalue weighted by Crippen LogP contribution is -2.26. The van der Waals surface area contributed by atoms with Crippen molar-refractivity contribution in [3.05, 3.63) is 113 Å². The van der Waals surface area contributed by atoms with Gasteiger partial charge < -0.3 is 4.57 Å². The smallest absolute Gasteiger partial charge is 0.271 e. The van der Waals surface area contributed by atoms with E-state index in [1.54, 1.807) is 53.1 Å². The summed E-state index contributed by atoms with van der Waals surface area (Å²) in [5, 5.41) is 4.05. The maximum Gasteiger partial charge on any atom is 0.271 e. The second kappa shape index (κ2) is 10.2. The van der Waals surface area contributed by atoms with Gasteiger partial charge in [0.25, 0.3) is 15.9 Å². The molecule has 0 aliphatic carbocycles. The minimum atomic E-state index is -3.71. The van der Waals surface area contributed by atoms with E-state index in [1.807, 2.05) is 19.9 Å². The van der Waals surface area contributed by atoms with Crippen LogP contribution >= 0.6 is 0 Å². The number of nitrogens with one attached hydrogen (secondary N) is 1. The third-order valence-electron chi connectivity index (χ3n) is 5.83. The van der Waals surface area contributed by atoms with Crippen LogP contribution in [0.5, 0.6) is 0 Å². The number of aryl methyl sites for hydroxylation is 1. The summed E-state index contributed by atoms with van der Waals surface area (Å²) < 4.78 is 42.8. The van der Waals surface area contributed by atoms with Gasteiger partial charge in [0, 0.05) is 29.6 Å². The van der Waals surface area contributed by atoms with Gasteiger partial charge in [-0.05, 0) is 68.4 Å². The molecule has 0 bridgehead atoms. The number of hydrogen-bond acceptors (Lipinski definition) is 4. The number of sulfonamides is 1. The maximum absolute atomic E-state index is 14.3. The third kappa shape index (κ3) is 4.92. The van der Waals surface area contributed by atoms with E-state index in [2.05, 4.69) is 10.5 Å². The van der Waals surface area contributed by atoms with E-state index in [4.69, 9.17) is 0 Å². The van der Waals surface area contributed by atoms with Crippen molar-refractivity contribution in [2.45, 2.75) is 18.7 Å². The number of aromatic nitrogens is 1. The van der Waals surface area contributed by atoms with Crippen LogP contribution in [0.4, 0.5) is 10.1 Å². The molecule has 4 aromatic rings. The summed E-state index contributed by atoms with van der Waals surface area (Å²) in [4.78, 5) is 12.7. The number of hydrogen-bond donors (Lipinski definition) is 1. The fourth-order valence-corrected chi connectivity index (χ4v) is 5.08. The number of amides is 1. The SMILES string of the molecule is Cc1cc(/C=N\NC(=O)c2ccc(N(C)S(=O)(=O)c3ccccc3)cc2)c(C)n1-c1ccccc1F. The zero-order valence-electron chi connectivity index (χ0n) is 20.0. The summed E-state index contributed by atoms with van der Waals surface area (Å²) in [6, 6.07) is 22.7. The summed E-state index contributed by atoms with van der Waals surface area (Å²) >= 11 is 0. The molecule has 1 heterocycles. The highest BCUT2D eigenvalue weighted by molar-refractivity contribution is 7.92. The van der Waals surface area contributed by atoms with Gasteiger partial charge in [-0.3, -0.25) is 9.10 Å². The van der Waals surface area contributed by atoms with E-state index in [0.29, 0.717) is 16.9 Å². The van der Waals surface area contributed by atoms with E-state index in [0.717, 1.165) is 21.3 Å². The Morgan fingerprint density at radius 1 is 0.972 bits per heavy atom. The van der Waals surface area contributed by atoms with Gasteiger partial charge in [0.05, 0.1) is 22.5 Å². The van der Waals surface area contributed by atoms with E-state index in [9.17, 15) is 17.6 Å². The molecule has 1 amide bonds. The minimum absolute atomic E-state index is 0.179. The number of carbonyl (C=O) groups excluding carboxylic acids is 1. The van der Waals surface area contributed by atoms with Gasteiger partial charge in [-0.2, -0.15) is 5.10 Å². The summed E-state index contributed by atoms with van der Waals surface area (Å²) in [6.07, 6.45) is 1.51. The highest BCUT2D eigenvalue weighted by Crippen LogP contribution is 2.23. The fourth-order valence-electron chi connectivity index (χ4n) is 3.86. The molecule has 0 aliphatic heterocycles. The monoisotopic (exact) mass is 504 g/mol. The highest BCUT2D eigenvalue weighted by Gasteiger charge is 2.21. The Morgan fingerprint density at radius 3 is 2.28 bits per heavy atom. The van der Waals surface area contributed by atoms with Crippen LogP contribution < -0.4 is 9.73 Å². The molecule has 3 aromatic carbocycles. The molecular weight excluding hydrogens is 479 g/mol. The number of benzene rings is 3. The van der Waals surface area contributed by atoms with E-state index in [1.165, 1.54) is 43.6 Å². The van der Waals surface area contributed by atoms with Gasteiger partial charge in [-0.25, -0.2) is 18.2 Å². The summed E-state index contributed by atoms with van der Waals surface area (Å²) in [5.41, 5.74) is 5.99. The molecule has 1 aromatic heterocycles. The summed E-state index contributed by atoms with van der Waals surface area (Å²) in [7, 11) is -2.26. The van der Waals surface area contributed by atoms with Crippen LogP contribution in [0.3, 0.4) is 0 Å². The van der Waals surface area contributed by atoms with Crippen molar-refractivity contribution in [2.75, 3.05) is 11.4 Å². The largest absolute Gasteiger partial charge is 0.315 e. The predicted molar refractivity (Wildman–Crippen MR) is 139 cm³/mol. The zero-order valence-corrected chi connectivity index (χ0v) is 20.8. The molecule has 0 unspecified atom stereocenters. The number of nitrogens with zero attached hydrogens (tertiary/aromatic N) is 3. The molecular formula is C27H25FN4O3S. The lowest BCUT2D eigenvalue weighted by Gasteiger charge is -2.19. The number of para-hydroxylation sites is 1. The molecule has 0 spiro atoms. The van der Waals surface area contributed by atoms with Crippen LogP contribution in [0.1, 0.15) is 27.3 Å². The number of rotatable bonds is 7. The first-order chi connectivity index (χ1) is 17.2. The number of halogens is 1. The Labute approximate surface area is 209 Å². The quantitative estimate of drug-likeness (QED) is 0.289. The Bertz CT molecular complexity index is 1530. The third-order valence-corrected chi connectivity index (χ3v) is 7.63. The van der Waals surface area contributed by atoms with Crippen molar-refractivity contribution in [1.29, 1.82) is 0 Å². The molecule has 36 heavy (non-hydrogen) atoms. The van der Waals surface area contributed by atoms with Gasteiger partial charge >= 0.3 is 0 Å². The van der Waals surface area contributed by atoms with Gasteiger partial charge in [-0.1, -0.05) is 30.3 Å². The Balaban J connectivity index is 1.45. The van der Waals surface area contributed by atoms with Crippen molar-refractivity contribution in [1.82, 2.24) is 9.99 Å². The van der Waals surface area contributed by atoms with Gasteiger partial charge in [0.2, 0.25) is 0 Å². The van der Waals surface area contributed by atoms with Crippen molar-refractivity contribution in [3.63, 3.8) is 0 Å². The first kappa shape index (κ1) is 24.9. The second-order valence-corrected chi connectivity index (χ2v) is 10.1.